The highest BCUT2D eigenvalue weighted by Gasteiger charge is 2.13. The van der Waals surface area contributed by atoms with Crippen molar-refractivity contribution in [2.75, 3.05) is 19.0 Å². The van der Waals surface area contributed by atoms with Crippen molar-refractivity contribution in [1.82, 2.24) is 4.98 Å². The van der Waals surface area contributed by atoms with Gasteiger partial charge >= 0.3 is 0 Å². The fourth-order valence-corrected chi connectivity index (χ4v) is 2.91. The van der Waals surface area contributed by atoms with Crippen LogP contribution in [0.25, 0.3) is 10.2 Å². The summed E-state index contributed by atoms with van der Waals surface area (Å²) in [5, 5.41) is 4.31. The summed E-state index contributed by atoms with van der Waals surface area (Å²) in [6.07, 6.45) is 1.10. The lowest BCUT2D eigenvalue weighted by Crippen LogP contribution is -1.98. The molecule has 0 saturated carbocycles. The van der Waals surface area contributed by atoms with E-state index in [0.29, 0.717) is 0 Å². The second-order valence-corrected chi connectivity index (χ2v) is 5.17. The third-order valence-corrected chi connectivity index (χ3v) is 3.87. The normalized spacial score (nSPS) is 10.8. The van der Waals surface area contributed by atoms with Crippen molar-refractivity contribution in [3.8, 4) is 5.75 Å². The van der Waals surface area contributed by atoms with E-state index in [4.69, 9.17) is 4.74 Å². The fraction of sp³-hybridized carbons (Fsp3) is 0.462. The number of nitrogens with zero attached hydrogens (tertiary/aromatic N) is 1. The topological polar surface area (TPSA) is 34.2 Å². The lowest BCUT2D eigenvalue weighted by molar-refractivity contribution is 0.416. The Bertz CT molecular complexity index is 534. The molecule has 0 aliphatic heterocycles. The van der Waals surface area contributed by atoms with Crippen LogP contribution in [-0.4, -0.2) is 18.6 Å². The number of methoxy groups -OCH3 is 1. The molecule has 17 heavy (non-hydrogen) atoms. The van der Waals surface area contributed by atoms with Crippen molar-refractivity contribution in [2.45, 2.75) is 27.2 Å². The number of hydrogen-bond donors (Lipinski definition) is 1. The highest BCUT2D eigenvalue weighted by atomic mass is 32.1. The molecule has 1 heterocycles. The van der Waals surface area contributed by atoms with E-state index in [1.807, 2.05) is 0 Å². The van der Waals surface area contributed by atoms with E-state index in [1.54, 1.807) is 18.4 Å². The summed E-state index contributed by atoms with van der Waals surface area (Å²) in [5.41, 5.74) is 3.39. The number of rotatable bonds is 4. The van der Waals surface area contributed by atoms with E-state index in [9.17, 15) is 0 Å². The molecule has 0 aliphatic rings. The van der Waals surface area contributed by atoms with Crippen molar-refractivity contribution in [2.24, 2.45) is 0 Å². The molecule has 92 valence electrons. The highest BCUT2D eigenvalue weighted by molar-refractivity contribution is 7.22. The molecule has 1 N–H and O–H groups in total. The standard InChI is InChI=1S/C13H18N2OS/c1-5-6-14-13-15-10-11(16-4)8(2)7-9(3)12(10)17-13/h7H,5-6H2,1-4H3,(H,14,15). The minimum Gasteiger partial charge on any atom is -0.494 e. The van der Waals surface area contributed by atoms with Gasteiger partial charge in [-0.05, 0) is 31.4 Å². The fourth-order valence-electron chi connectivity index (χ4n) is 1.95. The van der Waals surface area contributed by atoms with Crippen molar-refractivity contribution in [3.63, 3.8) is 0 Å². The summed E-state index contributed by atoms with van der Waals surface area (Å²) in [6, 6.07) is 2.16. The summed E-state index contributed by atoms with van der Waals surface area (Å²) in [4.78, 5) is 4.63. The number of aromatic nitrogens is 1. The molecule has 0 atom stereocenters. The van der Waals surface area contributed by atoms with Gasteiger partial charge < -0.3 is 10.1 Å². The number of nitrogens with one attached hydrogen (secondary N) is 1. The first-order valence-electron chi connectivity index (χ1n) is 5.86. The minimum atomic E-state index is 0.895. The summed E-state index contributed by atoms with van der Waals surface area (Å²) in [5.74, 6) is 0.895. The molecule has 0 spiro atoms. The van der Waals surface area contributed by atoms with E-state index >= 15 is 0 Å². The van der Waals surface area contributed by atoms with Gasteiger partial charge in [-0.15, -0.1) is 0 Å². The van der Waals surface area contributed by atoms with Gasteiger partial charge in [0.1, 0.15) is 11.3 Å². The van der Waals surface area contributed by atoms with Crippen LogP contribution < -0.4 is 10.1 Å². The van der Waals surface area contributed by atoms with Crippen molar-refractivity contribution in [1.29, 1.82) is 0 Å². The average Bonchev–Trinajstić information content (AvgIpc) is 2.71. The molecule has 4 heteroatoms. The second kappa shape index (κ2) is 4.92. The first-order valence-corrected chi connectivity index (χ1v) is 6.67. The number of ether oxygens (including phenoxy) is 1. The van der Waals surface area contributed by atoms with E-state index in [1.165, 1.54) is 10.3 Å². The van der Waals surface area contributed by atoms with Gasteiger partial charge in [0.25, 0.3) is 0 Å². The Morgan fingerprint density at radius 2 is 2.12 bits per heavy atom. The van der Waals surface area contributed by atoms with Gasteiger partial charge in [-0.1, -0.05) is 24.3 Å². The lowest BCUT2D eigenvalue weighted by Gasteiger charge is -2.06. The zero-order valence-corrected chi connectivity index (χ0v) is 11.6. The summed E-state index contributed by atoms with van der Waals surface area (Å²) in [6.45, 7) is 7.29. The number of aryl methyl sites for hydroxylation is 2. The molecule has 1 aromatic carbocycles. The third kappa shape index (κ3) is 2.22. The first kappa shape index (κ1) is 12.2. The molecule has 2 aromatic rings. The third-order valence-electron chi connectivity index (χ3n) is 2.72. The molecular weight excluding hydrogens is 232 g/mol. The Morgan fingerprint density at radius 1 is 1.35 bits per heavy atom. The molecule has 2 rings (SSSR count). The van der Waals surface area contributed by atoms with Gasteiger partial charge in [0, 0.05) is 6.54 Å². The maximum absolute atomic E-state index is 5.45. The van der Waals surface area contributed by atoms with Crippen LogP contribution >= 0.6 is 11.3 Å². The summed E-state index contributed by atoms with van der Waals surface area (Å²) >= 11 is 1.70. The molecule has 3 nitrogen and oxygen atoms in total. The van der Waals surface area contributed by atoms with Crippen LogP contribution in [0.4, 0.5) is 5.13 Å². The summed E-state index contributed by atoms with van der Waals surface area (Å²) < 4.78 is 6.66. The monoisotopic (exact) mass is 250 g/mol. The Morgan fingerprint density at radius 3 is 2.76 bits per heavy atom. The van der Waals surface area contributed by atoms with Crippen LogP contribution in [0.2, 0.25) is 0 Å². The molecule has 1 aromatic heterocycles. The quantitative estimate of drug-likeness (QED) is 0.897. The molecule has 0 bridgehead atoms. The average molecular weight is 250 g/mol. The van der Waals surface area contributed by atoms with E-state index < -0.39 is 0 Å². The maximum atomic E-state index is 5.45. The molecule has 0 radical (unpaired) electrons. The number of anilines is 1. The van der Waals surface area contributed by atoms with Gasteiger partial charge in [0.15, 0.2) is 5.13 Å². The van der Waals surface area contributed by atoms with E-state index in [-0.39, 0.29) is 0 Å². The predicted octanol–water partition coefficient (Wildman–Crippen LogP) is 3.74. The van der Waals surface area contributed by atoms with E-state index in [0.717, 1.165) is 34.9 Å². The van der Waals surface area contributed by atoms with Crippen LogP contribution in [0.1, 0.15) is 24.5 Å². The van der Waals surface area contributed by atoms with Crippen LogP contribution in [0.3, 0.4) is 0 Å². The Labute approximate surface area is 106 Å². The van der Waals surface area contributed by atoms with Gasteiger partial charge in [-0.25, -0.2) is 4.98 Å². The zero-order chi connectivity index (χ0) is 12.4. The summed E-state index contributed by atoms with van der Waals surface area (Å²) in [7, 11) is 1.70. The molecule has 0 saturated heterocycles. The number of fused-ring (bicyclic) bond motifs is 1. The smallest absolute Gasteiger partial charge is 0.183 e. The van der Waals surface area contributed by atoms with Crippen LogP contribution in [0, 0.1) is 13.8 Å². The van der Waals surface area contributed by atoms with Gasteiger partial charge in [-0.3, -0.25) is 0 Å². The molecule has 0 fully saturated rings. The first-order chi connectivity index (χ1) is 8.17. The van der Waals surface area contributed by atoms with Crippen LogP contribution in [0.5, 0.6) is 5.75 Å². The van der Waals surface area contributed by atoms with Crippen LogP contribution in [-0.2, 0) is 0 Å². The molecule has 0 unspecified atom stereocenters. The highest BCUT2D eigenvalue weighted by Crippen LogP contribution is 2.37. The van der Waals surface area contributed by atoms with Crippen LogP contribution in [0.15, 0.2) is 6.07 Å². The zero-order valence-electron chi connectivity index (χ0n) is 10.8. The lowest BCUT2D eigenvalue weighted by atomic mass is 10.1. The van der Waals surface area contributed by atoms with Crippen molar-refractivity contribution < 1.29 is 4.74 Å². The molecular formula is C13H18N2OS. The van der Waals surface area contributed by atoms with Gasteiger partial charge in [0.05, 0.1) is 11.8 Å². The maximum Gasteiger partial charge on any atom is 0.183 e. The predicted molar refractivity (Wildman–Crippen MR) is 74.4 cm³/mol. The molecule has 0 amide bonds. The Kier molecular flexibility index (Phi) is 3.52. The Hall–Kier alpha value is -1.29. The number of hydrogen-bond acceptors (Lipinski definition) is 4. The second-order valence-electron chi connectivity index (χ2n) is 4.17. The number of thiazole rings is 1. The largest absolute Gasteiger partial charge is 0.494 e. The number of benzene rings is 1. The van der Waals surface area contributed by atoms with Gasteiger partial charge in [-0.2, -0.15) is 0 Å². The van der Waals surface area contributed by atoms with Crippen molar-refractivity contribution >= 4 is 26.7 Å². The molecule has 0 aliphatic carbocycles. The minimum absolute atomic E-state index is 0.895. The SMILES string of the molecule is CCCNc1nc2c(OC)c(C)cc(C)c2s1. The van der Waals surface area contributed by atoms with Gasteiger partial charge in [0.2, 0.25) is 0 Å². The van der Waals surface area contributed by atoms with E-state index in [2.05, 4.69) is 37.1 Å². The van der Waals surface area contributed by atoms with Crippen molar-refractivity contribution in [3.05, 3.63) is 17.2 Å². The Balaban J connectivity index is 2.54.